The van der Waals surface area contributed by atoms with Crippen molar-refractivity contribution in [1.29, 1.82) is 0 Å². The number of hydrogen-bond acceptors (Lipinski definition) is 0. The second-order valence-corrected chi connectivity index (χ2v) is 9.65. The third-order valence-electron chi connectivity index (χ3n) is 6.44. The van der Waals surface area contributed by atoms with Crippen molar-refractivity contribution in [1.82, 2.24) is 4.57 Å². The van der Waals surface area contributed by atoms with E-state index in [9.17, 15) is 0 Å². The van der Waals surface area contributed by atoms with E-state index in [1.807, 2.05) is 0 Å². The summed E-state index contributed by atoms with van der Waals surface area (Å²) in [6.45, 7) is 12.9. The van der Waals surface area contributed by atoms with Gasteiger partial charge in [-0.1, -0.05) is 105 Å². The molecule has 0 amide bonds. The van der Waals surface area contributed by atoms with Gasteiger partial charge < -0.3 is 0 Å². The molecule has 1 aromatic heterocycles. The predicted octanol–water partition coefficient (Wildman–Crippen LogP) is 8.74. The average molecular weight is 406 g/mol. The highest BCUT2D eigenvalue weighted by molar-refractivity contribution is 4.90. The molecule has 0 saturated heterocycles. The first-order chi connectivity index (χ1) is 14.1. The van der Waals surface area contributed by atoms with Gasteiger partial charge in [-0.25, -0.2) is 9.13 Å². The molecule has 0 aromatic carbocycles. The van der Waals surface area contributed by atoms with Crippen LogP contribution in [0.4, 0.5) is 0 Å². The highest BCUT2D eigenvalue weighted by Gasteiger charge is 2.23. The van der Waals surface area contributed by atoms with Gasteiger partial charge in [0.15, 0.2) is 0 Å². The molecule has 1 rings (SSSR count). The second-order valence-electron chi connectivity index (χ2n) is 9.65. The lowest BCUT2D eigenvalue weighted by molar-refractivity contribution is -0.727. The smallest absolute Gasteiger partial charge is 0.234 e. The van der Waals surface area contributed by atoms with Gasteiger partial charge in [-0.15, -0.1) is 0 Å². The summed E-state index contributed by atoms with van der Waals surface area (Å²) in [5.74, 6) is 2.12. The van der Waals surface area contributed by atoms with Crippen LogP contribution in [0.2, 0.25) is 0 Å². The van der Waals surface area contributed by atoms with Crippen molar-refractivity contribution in [3.63, 3.8) is 0 Å². The van der Waals surface area contributed by atoms with Crippen LogP contribution >= 0.6 is 0 Å². The molecule has 1 aromatic rings. The minimum atomic E-state index is 0.593. The van der Waals surface area contributed by atoms with Gasteiger partial charge in [0.25, 0.3) is 5.82 Å². The molecule has 0 aliphatic heterocycles. The Morgan fingerprint density at radius 1 is 0.690 bits per heavy atom. The van der Waals surface area contributed by atoms with Gasteiger partial charge >= 0.3 is 0 Å². The molecule has 1 unspecified atom stereocenters. The fraction of sp³-hybridized carbons (Fsp3) is 0.889. The lowest BCUT2D eigenvalue weighted by Crippen LogP contribution is -2.41. The van der Waals surface area contributed by atoms with E-state index in [4.69, 9.17) is 0 Å². The molecule has 0 spiro atoms. The van der Waals surface area contributed by atoms with Gasteiger partial charge in [-0.05, 0) is 32.6 Å². The fourth-order valence-electron chi connectivity index (χ4n) is 4.60. The monoisotopic (exact) mass is 405 g/mol. The molecular formula is C27H53N2+. The van der Waals surface area contributed by atoms with E-state index in [1.165, 1.54) is 115 Å². The third-order valence-corrected chi connectivity index (χ3v) is 6.44. The number of unbranched alkanes of at least 4 members (excludes halogenated alkanes) is 13. The maximum absolute atomic E-state index is 2.58. The Bertz CT molecular complexity index is 489. The maximum atomic E-state index is 2.58. The van der Waals surface area contributed by atoms with E-state index in [0.29, 0.717) is 12.0 Å². The summed E-state index contributed by atoms with van der Waals surface area (Å²) >= 11 is 0. The predicted molar refractivity (Wildman–Crippen MR) is 129 cm³/mol. The van der Waals surface area contributed by atoms with Crippen LogP contribution in [0.1, 0.15) is 155 Å². The Kier molecular flexibility index (Phi) is 15.3. The number of rotatable bonds is 19. The Balaban J connectivity index is 2.35. The van der Waals surface area contributed by atoms with E-state index in [0.717, 1.165) is 0 Å². The van der Waals surface area contributed by atoms with Crippen molar-refractivity contribution < 1.29 is 4.57 Å². The highest BCUT2D eigenvalue weighted by Crippen LogP contribution is 2.18. The second kappa shape index (κ2) is 16.9. The largest absolute Gasteiger partial charge is 0.259 e. The molecule has 0 bridgehead atoms. The van der Waals surface area contributed by atoms with Gasteiger partial charge in [-0.3, -0.25) is 0 Å². The number of hydrogen-bond donors (Lipinski definition) is 0. The van der Waals surface area contributed by atoms with Crippen molar-refractivity contribution in [2.75, 3.05) is 0 Å². The first-order valence-corrected chi connectivity index (χ1v) is 13.2. The molecule has 2 heteroatoms. The normalized spacial score (nSPS) is 12.8. The summed E-state index contributed by atoms with van der Waals surface area (Å²) in [7, 11) is 0. The molecule has 170 valence electrons. The summed E-state index contributed by atoms with van der Waals surface area (Å²) in [4.78, 5) is 0. The molecule has 0 fully saturated rings. The summed E-state index contributed by atoms with van der Waals surface area (Å²) in [5, 5.41) is 0. The topological polar surface area (TPSA) is 8.81 Å². The van der Waals surface area contributed by atoms with Gasteiger partial charge in [0.05, 0.1) is 18.5 Å². The van der Waals surface area contributed by atoms with Gasteiger partial charge in [0.2, 0.25) is 0 Å². The summed E-state index contributed by atoms with van der Waals surface area (Å²) in [6.07, 6.45) is 27.0. The minimum absolute atomic E-state index is 0.593. The zero-order chi connectivity index (χ0) is 21.3. The van der Waals surface area contributed by atoms with Crippen LogP contribution < -0.4 is 4.57 Å². The van der Waals surface area contributed by atoms with Crippen LogP contribution in [0.5, 0.6) is 0 Å². The quantitative estimate of drug-likeness (QED) is 0.161. The fourth-order valence-corrected chi connectivity index (χ4v) is 4.60. The van der Waals surface area contributed by atoms with E-state index in [2.05, 4.69) is 56.1 Å². The molecule has 1 heterocycles. The van der Waals surface area contributed by atoms with Crippen molar-refractivity contribution >= 4 is 0 Å². The minimum Gasteiger partial charge on any atom is -0.234 e. The molecule has 0 aliphatic carbocycles. The Hall–Kier alpha value is -0.790. The molecule has 29 heavy (non-hydrogen) atoms. The number of nitrogens with zero attached hydrogens (tertiary/aromatic N) is 2. The molecule has 0 saturated carbocycles. The lowest BCUT2D eigenvalue weighted by atomic mass is 10.1. The Morgan fingerprint density at radius 3 is 1.69 bits per heavy atom. The Morgan fingerprint density at radius 2 is 1.17 bits per heavy atom. The first kappa shape index (κ1) is 26.2. The van der Waals surface area contributed by atoms with Crippen molar-refractivity contribution in [2.24, 2.45) is 0 Å². The summed E-state index contributed by atoms with van der Waals surface area (Å²) in [6, 6.07) is 0.628. The van der Waals surface area contributed by atoms with E-state index in [-0.39, 0.29) is 0 Å². The molecule has 0 N–H and O–H groups in total. The highest BCUT2D eigenvalue weighted by atomic mass is 15.2. The van der Waals surface area contributed by atoms with E-state index < -0.39 is 0 Å². The van der Waals surface area contributed by atoms with Crippen molar-refractivity contribution in [2.45, 2.75) is 156 Å². The standard InChI is InChI=1S/C27H53N2/c1-6-8-10-12-14-16-18-20-22-28-23-24-29(27(28)25(3)4)26(5)21-19-17-15-13-11-9-7-2/h23-26H,6-22H2,1-5H3/q+1. The van der Waals surface area contributed by atoms with E-state index in [1.54, 1.807) is 0 Å². The Labute approximate surface area is 183 Å². The van der Waals surface area contributed by atoms with Crippen LogP contribution in [0.15, 0.2) is 12.4 Å². The summed E-state index contributed by atoms with van der Waals surface area (Å²) < 4.78 is 5.12. The van der Waals surface area contributed by atoms with Crippen LogP contribution in [0.3, 0.4) is 0 Å². The molecule has 0 radical (unpaired) electrons. The number of aryl methyl sites for hydroxylation is 1. The molecular weight excluding hydrogens is 352 g/mol. The van der Waals surface area contributed by atoms with Crippen LogP contribution in [-0.4, -0.2) is 4.57 Å². The first-order valence-electron chi connectivity index (χ1n) is 13.2. The SMILES string of the molecule is CCCCCCCCCCn1cc[n+](C(C)CCCCCCCCC)c1C(C)C. The van der Waals surface area contributed by atoms with Crippen molar-refractivity contribution in [3.8, 4) is 0 Å². The van der Waals surface area contributed by atoms with Gasteiger partial charge in [0, 0.05) is 0 Å². The summed E-state index contributed by atoms with van der Waals surface area (Å²) in [5.41, 5.74) is 0. The van der Waals surface area contributed by atoms with Gasteiger partial charge in [-0.2, -0.15) is 0 Å². The zero-order valence-electron chi connectivity index (χ0n) is 20.7. The van der Waals surface area contributed by atoms with E-state index >= 15 is 0 Å². The van der Waals surface area contributed by atoms with Crippen molar-refractivity contribution in [3.05, 3.63) is 18.2 Å². The third kappa shape index (κ3) is 11.2. The molecule has 1 atom stereocenters. The number of aromatic nitrogens is 2. The molecule has 2 nitrogen and oxygen atoms in total. The zero-order valence-corrected chi connectivity index (χ0v) is 20.7. The van der Waals surface area contributed by atoms with Crippen LogP contribution in [0.25, 0.3) is 0 Å². The van der Waals surface area contributed by atoms with Crippen LogP contribution in [0, 0.1) is 0 Å². The average Bonchev–Trinajstić information content (AvgIpc) is 3.13. The maximum Gasteiger partial charge on any atom is 0.259 e. The molecule has 0 aliphatic rings. The number of imidazole rings is 1. The lowest BCUT2D eigenvalue weighted by Gasteiger charge is -2.14. The van der Waals surface area contributed by atoms with Crippen LogP contribution in [-0.2, 0) is 6.54 Å². The van der Waals surface area contributed by atoms with Gasteiger partial charge in [0.1, 0.15) is 12.4 Å².